The third kappa shape index (κ3) is 2.56. The molecule has 5 heteroatoms. The molecule has 0 amide bonds. The van der Waals surface area contributed by atoms with Gasteiger partial charge in [-0.1, -0.05) is 25.3 Å². The lowest BCUT2D eigenvalue weighted by Crippen LogP contribution is -2.41. The number of carbonyl (C=O) groups is 2. The Morgan fingerprint density at radius 3 is 2.54 bits per heavy atom. The minimum atomic E-state index is -0.437. The second-order valence-corrected chi connectivity index (χ2v) is 7.11. The zero-order valence-corrected chi connectivity index (χ0v) is 14.2. The van der Waals surface area contributed by atoms with Gasteiger partial charge in [0.05, 0.1) is 13.0 Å². The van der Waals surface area contributed by atoms with Gasteiger partial charge >= 0.3 is 11.9 Å². The summed E-state index contributed by atoms with van der Waals surface area (Å²) in [7, 11) is 1.40. The highest BCUT2D eigenvalue weighted by Crippen LogP contribution is 2.65. The molecule has 0 aromatic carbocycles. The first kappa shape index (κ1) is 16.8. The van der Waals surface area contributed by atoms with Crippen LogP contribution in [0, 0.1) is 29.6 Å². The van der Waals surface area contributed by atoms with Crippen LogP contribution in [-0.2, 0) is 23.8 Å². The van der Waals surface area contributed by atoms with E-state index in [-0.39, 0.29) is 42.4 Å². The van der Waals surface area contributed by atoms with Gasteiger partial charge in [0.25, 0.3) is 0 Å². The highest BCUT2D eigenvalue weighted by atomic mass is 16.6. The van der Waals surface area contributed by atoms with Crippen LogP contribution in [0.4, 0.5) is 0 Å². The van der Waals surface area contributed by atoms with Gasteiger partial charge in [-0.05, 0) is 37.2 Å². The van der Waals surface area contributed by atoms with Gasteiger partial charge in [-0.3, -0.25) is 4.79 Å². The van der Waals surface area contributed by atoms with Gasteiger partial charge in [0.2, 0.25) is 0 Å². The van der Waals surface area contributed by atoms with E-state index in [1.54, 1.807) is 6.92 Å². The number of ether oxygens (including phenoxy) is 3. The monoisotopic (exact) mass is 332 g/mol. The quantitative estimate of drug-likeness (QED) is 0.324. The molecule has 5 nitrogen and oxygen atoms in total. The Morgan fingerprint density at radius 2 is 1.92 bits per heavy atom. The third-order valence-corrected chi connectivity index (χ3v) is 5.80. The molecule has 24 heavy (non-hydrogen) atoms. The van der Waals surface area contributed by atoms with E-state index in [0.717, 1.165) is 18.4 Å². The molecule has 0 aromatic rings. The van der Waals surface area contributed by atoms with Crippen molar-refractivity contribution in [1.29, 1.82) is 0 Å². The molecular formula is C19H24O5. The molecule has 3 saturated carbocycles. The van der Waals surface area contributed by atoms with Crippen molar-refractivity contribution in [3.8, 4) is 0 Å². The summed E-state index contributed by atoms with van der Waals surface area (Å²) in [6.45, 7) is 13.1. The summed E-state index contributed by atoms with van der Waals surface area (Å²) in [4.78, 5) is 24.4. The minimum absolute atomic E-state index is 0.0185. The molecule has 0 aromatic heterocycles. The standard InChI is InChI=1S/C19H24O5/c1-9(2)11(4)23-8-15(20)24-18-13-6-10(3)16-12(13)7-14(18)17(16)19(21)22-5/h12-14,16-18H,1,3-4,6-8H2,2,5H3. The highest BCUT2D eigenvalue weighted by molar-refractivity contribution is 5.76. The van der Waals surface area contributed by atoms with Gasteiger partial charge in [0, 0.05) is 11.8 Å². The lowest BCUT2D eigenvalue weighted by Gasteiger charge is -2.32. The molecule has 6 atom stereocenters. The number of allylic oxidation sites excluding steroid dienone is 2. The van der Waals surface area contributed by atoms with Gasteiger partial charge in [-0.2, -0.15) is 0 Å². The molecule has 0 aliphatic heterocycles. The van der Waals surface area contributed by atoms with Crippen molar-refractivity contribution >= 4 is 11.9 Å². The Kier molecular flexibility index (Phi) is 4.28. The Hall–Kier alpha value is -2.04. The topological polar surface area (TPSA) is 61.8 Å². The number of carbonyl (C=O) groups excluding carboxylic acids is 2. The van der Waals surface area contributed by atoms with Gasteiger partial charge in [-0.25, -0.2) is 4.79 Å². The molecule has 3 aliphatic carbocycles. The molecule has 130 valence electrons. The summed E-state index contributed by atoms with van der Waals surface area (Å²) in [6, 6.07) is 0. The zero-order chi connectivity index (χ0) is 17.6. The van der Waals surface area contributed by atoms with E-state index in [1.807, 2.05) is 0 Å². The second kappa shape index (κ2) is 6.11. The van der Waals surface area contributed by atoms with Crippen molar-refractivity contribution in [2.45, 2.75) is 25.9 Å². The van der Waals surface area contributed by atoms with Crippen LogP contribution in [0.25, 0.3) is 0 Å². The van der Waals surface area contributed by atoms with Gasteiger partial charge in [0.15, 0.2) is 6.61 Å². The minimum Gasteiger partial charge on any atom is -0.482 e. The first-order valence-electron chi connectivity index (χ1n) is 8.27. The predicted octanol–water partition coefficient (Wildman–Crippen LogP) is 2.64. The van der Waals surface area contributed by atoms with E-state index < -0.39 is 5.97 Å². The number of rotatable bonds is 6. The van der Waals surface area contributed by atoms with Crippen LogP contribution in [0.15, 0.2) is 36.6 Å². The Labute approximate surface area is 142 Å². The molecule has 3 fully saturated rings. The van der Waals surface area contributed by atoms with Crippen LogP contribution < -0.4 is 0 Å². The van der Waals surface area contributed by atoms with E-state index in [1.165, 1.54) is 7.11 Å². The summed E-state index contributed by atoms with van der Waals surface area (Å²) in [6.07, 6.45) is 1.45. The van der Waals surface area contributed by atoms with E-state index >= 15 is 0 Å². The van der Waals surface area contributed by atoms with Crippen LogP contribution in [0.5, 0.6) is 0 Å². The maximum absolute atomic E-state index is 12.2. The predicted molar refractivity (Wildman–Crippen MR) is 87.6 cm³/mol. The van der Waals surface area contributed by atoms with Crippen LogP contribution in [0.3, 0.4) is 0 Å². The lowest BCUT2D eigenvalue weighted by atomic mass is 9.77. The van der Waals surface area contributed by atoms with Crippen LogP contribution >= 0.6 is 0 Å². The highest BCUT2D eigenvalue weighted by Gasteiger charge is 2.65. The Bertz CT molecular complexity index is 619. The summed E-state index contributed by atoms with van der Waals surface area (Å²) < 4.78 is 15.9. The van der Waals surface area contributed by atoms with Crippen LogP contribution in [-0.4, -0.2) is 31.8 Å². The maximum atomic E-state index is 12.2. The molecule has 0 spiro atoms. The van der Waals surface area contributed by atoms with E-state index in [0.29, 0.717) is 17.3 Å². The molecule has 3 aliphatic rings. The van der Waals surface area contributed by atoms with E-state index in [4.69, 9.17) is 14.2 Å². The molecule has 0 radical (unpaired) electrons. The smallest absolute Gasteiger partial charge is 0.344 e. The fourth-order valence-electron chi connectivity index (χ4n) is 4.83. The first-order valence-corrected chi connectivity index (χ1v) is 8.27. The SMILES string of the molecule is C=C(C)C(=C)OCC(=O)OC1C2CC(=C)C3C2CC1C3C(=O)OC. The Morgan fingerprint density at radius 1 is 1.21 bits per heavy atom. The van der Waals surface area contributed by atoms with Crippen molar-refractivity contribution in [3.63, 3.8) is 0 Å². The lowest BCUT2D eigenvalue weighted by molar-refractivity contribution is -0.165. The summed E-state index contributed by atoms with van der Waals surface area (Å²) in [5.74, 6) is 0.316. The number of hydrogen-bond acceptors (Lipinski definition) is 5. The van der Waals surface area contributed by atoms with Crippen molar-refractivity contribution in [2.75, 3.05) is 13.7 Å². The molecule has 0 N–H and O–H groups in total. The fraction of sp³-hybridized carbons (Fsp3) is 0.579. The maximum Gasteiger partial charge on any atom is 0.344 e. The van der Waals surface area contributed by atoms with Gasteiger partial charge < -0.3 is 14.2 Å². The van der Waals surface area contributed by atoms with E-state index in [2.05, 4.69) is 19.7 Å². The molecular weight excluding hydrogens is 308 g/mol. The summed E-state index contributed by atoms with van der Waals surface area (Å²) in [5.41, 5.74) is 1.76. The molecule has 0 saturated heterocycles. The average molecular weight is 332 g/mol. The van der Waals surface area contributed by atoms with E-state index in [9.17, 15) is 9.59 Å². The summed E-state index contributed by atoms with van der Waals surface area (Å²) in [5, 5.41) is 0. The molecule has 0 heterocycles. The van der Waals surface area contributed by atoms with Crippen molar-refractivity contribution < 1.29 is 23.8 Å². The van der Waals surface area contributed by atoms with Crippen molar-refractivity contribution in [3.05, 3.63) is 36.6 Å². The number of hydrogen-bond donors (Lipinski definition) is 0. The van der Waals surface area contributed by atoms with Gasteiger partial charge in [-0.15, -0.1) is 0 Å². The van der Waals surface area contributed by atoms with Crippen LogP contribution in [0.2, 0.25) is 0 Å². The molecule has 2 bridgehead atoms. The molecule has 6 unspecified atom stereocenters. The zero-order valence-electron chi connectivity index (χ0n) is 14.2. The number of esters is 2. The number of methoxy groups -OCH3 is 1. The fourth-order valence-corrected chi connectivity index (χ4v) is 4.83. The van der Waals surface area contributed by atoms with Crippen molar-refractivity contribution in [1.82, 2.24) is 0 Å². The largest absolute Gasteiger partial charge is 0.482 e. The van der Waals surface area contributed by atoms with Crippen LogP contribution in [0.1, 0.15) is 19.8 Å². The second-order valence-electron chi connectivity index (χ2n) is 7.11. The summed E-state index contributed by atoms with van der Waals surface area (Å²) >= 11 is 0. The Balaban J connectivity index is 1.68. The molecule has 3 rings (SSSR count). The third-order valence-electron chi connectivity index (χ3n) is 5.80. The van der Waals surface area contributed by atoms with Gasteiger partial charge in [0.1, 0.15) is 11.9 Å². The normalized spacial score (nSPS) is 35.7. The first-order chi connectivity index (χ1) is 11.3. The average Bonchev–Trinajstić information content (AvgIpc) is 3.15. The number of fused-ring (bicyclic) bond motifs is 1. The van der Waals surface area contributed by atoms with Crippen molar-refractivity contribution in [2.24, 2.45) is 29.6 Å².